The molecule has 0 radical (unpaired) electrons. The summed E-state index contributed by atoms with van der Waals surface area (Å²) in [6.45, 7) is 7.20. The highest BCUT2D eigenvalue weighted by atomic mass is 14.2. The Balaban J connectivity index is 2.38. The SMILES string of the molecule is CC1CCC(C)[C@H](C)CC1. The molecule has 1 aliphatic rings. The second-order valence-electron chi connectivity index (χ2n) is 4.21. The minimum absolute atomic E-state index is 0.977. The predicted molar refractivity (Wildman–Crippen MR) is 46.0 cm³/mol. The van der Waals surface area contributed by atoms with Crippen molar-refractivity contribution in [1.82, 2.24) is 0 Å². The molecule has 0 bridgehead atoms. The Morgan fingerprint density at radius 1 is 0.700 bits per heavy atom. The van der Waals surface area contributed by atoms with Crippen LogP contribution < -0.4 is 0 Å². The average molecular weight is 140 g/mol. The molecular weight excluding hydrogens is 120 g/mol. The van der Waals surface area contributed by atoms with Gasteiger partial charge in [0.05, 0.1) is 0 Å². The fourth-order valence-electron chi connectivity index (χ4n) is 1.81. The van der Waals surface area contributed by atoms with Gasteiger partial charge in [-0.15, -0.1) is 0 Å². The summed E-state index contributed by atoms with van der Waals surface area (Å²) in [5, 5.41) is 0. The van der Waals surface area contributed by atoms with E-state index in [1.807, 2.05) is 0 Å². The third-order valence-electron chi connectivity index (χ3n) is 3.20. The molecule has 0 aromatic carbocycles. The van der Waals surface area contributed by atoms with Crippen LogP contribution in [-0.4, -0.2) is 0 Å². The van der Waals surface area contributed by atoms with Crippen molar-refractivity contribution in [2.24, 2.45) is 17.8 Å². The van der Waals surface area contributed by atoms with E-state index in [-0.39, 0.29) is 0 Å². The Bertz CT molecular complexity index is 84.2. The van der Waals surface area contributed by atoms with Crippen molar-refractivity contribution in [2.45, 2.75) is 46.5 Å². The topological polar surface area (TPSA) is 0 Å². The standard InChI is InChI=1S/C10H20/c1-8-4-6-9(2)10(3)7-5-8/h8-10H,4-7H2,1-3H3/t8?,9-,10?/m1/s1. The maximum atomic E-state index is 2.41. The number of hydrogen-bond acceptors (Lipinski definition) is 0. The van der Waals surface area contributed by atoms with E-state index in [1.165, 1.54) is 25.7 Å². The van der Waals surface area contributed by atoms with Gasteiger partial charge in [-0.05, 0) is 17.8 Å². The zero-order chi connectivity index (χ0) is 7.56. The van der Waals surface area contributed by atoms with Crippen LogP contribution >= 0.6 is 0 Å². The maximum absolute atomic E-state index is 2.41. The molecule has 0 aromatic rings. The van der Waals surface area contributed by atoms with Gasteiger partial charge in [0.2, 0.25) is 0 Å². The van der Waals surface area contributed by atoms with Crippen molar-refractivity contribution in [2.75, 3.05) is 0 Å². The minimum Gasteiger partial charge on any atom is -0.0625 e. The Morgan fingerprint density at radius 2 is 1.10 bits per heavy atom. The molecule has 0 aliphatic heterocycles. The normalized spacial score (nSPS) is 42.9. The first kappa shape index (κ1) is 8.10. The molecule has 10 heavy (non-hydrogen) atoms. The predicted octanol–water partition coefficient (Wildman–Crippen LogP) is 3.47. The monoisotopic (exact) mass is 140 g/mol. The summed E-state index contributed by atoms with van der Waals surface area (Å²) in [4.78, 5) is 0. The van der Waals surface area contributed by atoms with Gasteiger partial charge in [0.15, 0.2) is 0 Å². The van der Waals surface area contributed by atoms with E-state index in [0.717, 1.165) is 17.8 Å². The number of hydrogen-bond donors (Lipinski definition) is 0. The zero-order valence-electron chi connectivity index (χ0n) is 7.56. The third kappa shape index (κ3) is 2.00. The van der Waals surface area contributed by atoms with E-state index in [1.54, 1.807) is 0 Å². The lowest BCUT2D eigenvalue weighted by Crippen LogP contribution is -2.04. The molecule has 0 nitrogen and oxygen atoms in total. The third-order valence-corrected chi connectivity index (χ3v) is 3.20. The van der Waals surface area contributed by atoms with Crippen molar-refractivity contribution in [3.05, 3.63) is 0 Å². The molecule has 1 aliphatic carbocycles. The molecule has 0 saturated heterocycles. The highest BCUT2D eigenvalue weighted by Gasteiger charge is 2.18. The summed E-state index contributed by atoms with van der Waals surface area (Å²) in [6.07, 6.45) is 5.85. The van der Waals surface area contributed by atoms with Crippen LogP contribution in [0.25, 0.3) is 0 Å². The quantitative estimate of drug-likeness (QED) is 0.452. The molecule has 0 amide bonds. The lowest BCUT2D eigenvalue weighted by atomic mass is 9.92. The van der Waals surface area contributed by atoms with Crippen LogP contribution in [0, 0.1) is 17.8 Å². The van der Waals surface area contributed by atoms with Crippen LogP contribution in [0.4, 0.5) is 0 Å². The molecular formula is C10H20. The molecule has 1 saturated carbocycles. The Labute approximate surface area is 65.0 Å². The first-order valence-electron chi connectivity index (χ1n) is 4.70. The number of rotatable bonds is 0. The van der Waals surface area contributed by atoms with E-state index < -0.39 is 0 Å². The van der Waals surface area contributed by atoms with Crippen LogP contribution in [0.2, 0.25) is 0 Å². The summed E-state index contributed by atoms with van der Waals surface area (Å²) < 4.78 is 0. The second kappa shape index (κ2) is 3.41. The smallest absolute Gasteiger partial charge is 0.0417 e. The Hall–Kier alpha value is 0. The first-order valence-corrected chi connectivity index (χ1v) is 4.70. The molecule has 3 atom stereocenters. The fourth-order valence-corrected chi connectivity index (χ4v) is 1.81. The first-order chi connectivity index (χ1) is 4.70. The second-order valence-corrected chi connectivity index (χ2v) is 4.21. The van der Waals surface area contributed by atoms with E-state index in [2.05, 4.69) is 20.8 Å². The lowest BCUT2D eigenvalue weighted by Gasteiger charge is -2.14. The molecule has 1 rings (SSSR count). The van der Waals surface area contributed by atoms with E-state index in [4.69, 9.17) is 0 Å². The van der Waals surface area contributed by atoms with Crippen LogP contribution in [0.3, 0.4) is 0 Å². The summed E-state index contributed by atoms with van der Waals surface area (Å²) in [7, 11) is 0. The molecule has 0 heteroatoms. The van der Waals surface area contributed by atoms with Crippen LogP contribution in [-0.2, 0) is 0 Å². The van der Waals surface area contributed by atoms with Gasteiger partial charge in [0.25, 0.3) is 0 Å². The van der Waals surface area contributed by atoms with Gasteiger partial charge >= 0.3 is 0 Å². The lowest BCUT2D eigenvalue weighted by molar-refractivity contribution is 0.367. The Morgan fingerprint density at radius 3 is 1.50 bits per heavy atom. The van der Waals surface area contributed by atoms with Crippen molar-refractivity contribution < 1.29 is 0 Å². The van der Waals surface area contributed by atoms with E-state index >= 15 is 0 Å². The molecule has 0 heterocycles. The molecule has 0 N–H and O–H groups in total. The summed E-state index contributed by atoms with van der Waals surface area (Å²) >= 11 is 0. The fraction of sp³-hybridized carbons (Fsp3) is 1.00. The van der Waals surface area contributed by atoms with Crippen LogP contribution in [0.5, 0.6) is 0 Å². The van der Waals surface area contributed by atoms with Gasteiger partial charge in [-0.25, -0.2) is 0 Å². The molecule has 1 fully saturated rings. The largest absolute Gasteiger partial charge is 0.0625 e. The van der Waals surface area contributed by atoms with Crippen LogP contribution in [0.1, 0.15) is 46.5 Å². The van der Waals surface area contributed by atoms with Crippen molar-refractivity contribution in [3.63, 3.8) is 0 Å². The Kier molecular flexibility index (Phi) is 2.76. The van der Waals surface area contributed by atoms with Gasteiger partial charge in [-0.1, -0.05) is 46.5 Å². The van der Waals surface area contributed by atoms with Crippen molar-refractivity contribution in [1.29, 1.82) is 0 Å². The molecule has 0 spiro atoms. The van der Waals surface area contributed by atoms with Crippen LogP contribution in [0.15, 0.2) is 0 Å². The van der Waals surface area contributed by atoms with Gasteiger partial charge in [0.1, 0.15) is 0 Å². The van der Waals surface area contributed by atoms with Gasteiger partial charge in [-0.2, -0.15) is 0 Å². The van der Waals surface area contributed by atoms with Gasteiger partial charge in [0, 0.05) is 0 Å². The highest BCUT2D eigenvalue weighted by molar-refractivity contribution is 4.69. The van der Waals surface area contributed by atoms with E-state index in [0.29, 0.717) is 0 Å². The van der Waals surface area contributed by atoms with Gasteiger partial charge in [-0.3, -0.25) is 0 Å². The average Bonchev–Trinajstić information content (AvgIpc) is 2.04. The summed E-state index contributed by atoms with van der Waals surface area (Å²) in [5.74, 6) is 2.95. The zero-order valence-corrected chi connectivity index (χ0v) is 7.56. The molecule has 2 unspecified atom stereocenters. The minimum atomic E-state index is 0.977. The highest BCUT2D eigenvalue weighted by Crippen LogP contribution is 2.30. The summed E-state index contributed by atoms with van der Waals surface area (Å²) in [6, 6.07) is 0. The van der Waals surface area contributed by atoms with Gasteiger partial charge < -0.3 is 0 Å². The summed E-state index contributed by atoms with van der Waals surface area (Å²) in [5.41, 5.74) is 0. The van der Waals surface area contributed by atoms with Crippen molar-refractivity contribution >= 4 is 0 Å². The molecule has 0 aromatic heterocycles. The van der Waals surface area contributed by atoms with E-state index in [9.17, 15) is 0 Å². The molecule has 60 valence electrons. The van der Waals surface area contributed by atoms with Crippen molar-refractivity contribution in [3.8, 4) is 0 Å². The maximum Gasteiger partial charge on any atom is -0.0417 e.